The first kappa shape index (κ1) is 17.9. The summed E-state index contributed by atoms with van der Waals surface area (Å²) in [7, 11) is 0. The number of carbonyl (C=O) groups is 1. The highest BCUT2D eigenvalue weighted by Gasteiger charge is 2.12. The minimum Gasteiger partial charge on any atom is -0.461 e. The van der Waals surface area contributed by atoms with Crippen LogP contribution < -0.4 is 5.32 Å². The average Bonchev–Trinajstić information content (AvgIpc) is 3.09. The summed E-state index contributed by atoms with van der Waals surface area (Å²) in [6.07, 6.45) is 0.659. The molecule has 0 aliphatic rings. The van der Waals surface area contributed by atoms with Gasteiger partial charge in [0, 0.05) is 12.8 Å². The number of aryl methyl sites for hydroxylation is 1. The highest BCUT2D eigenvalue weighted by molar-refractivity contribution is 5.76. The van der Waals surface area contributed by atoms with Crippen molar-refractivity contribution in [1.29, 1.82) is 0 Å². The second-order valence-corrected chi connectivity index (χ2v) is 6.09. The molecule has 26 heavy (non-hydrogen) atoms. The number of nitrogens with one attached hydrogen (secondary N) is 1. The van der Waals surface area contributed by atoms with Crippen LogP contribution in [-0.4, -0.2) is 5.91 Å². The molecule has 0 saturated carbocycles. The van der Waals surface area contributed by atoms with Crippen LogP contribution in [0.5, 0.6) is 0 Å². The summed E-state index contributed by atoms with van der Waals surface area (Å²) in [5.74, 6) is 0.270. The molecule has 0 aliphatic carbocycles. The third kappa shape index (κ3) is 4.36. The Labute approximate surface area is 150 Å². The van der Waals surface area contributed by atoms with E-state index in [2.05, 4.69) is 5.32 Å². The van der Waals surface area contributed by atoms with Gasteiger partial charge in [0.15, 0.2) is 0 Å². The first-order valence-corrected chi connectivity index (χ1v) is 8.41. The maximum Gasteiger partial charge on any atom is 0.220 e. The Balaban J connectivity index is 1.55. The Morgan fingerprint density at radius 3 is 2.50 bits per heavy atom. The summed E-state index contributed by atoms with van der Waals surface area (Å²) in [6.45, 7) is 1.84. The molecule has 1 unspecified atom stereocenters. The summed E-state index contributed by atoms with van der Waals surface area (Å²) in [6, 6.07) is 15.6. The monoisotopic (exact) mass is 355 g/mol. The van der Waals surface area contributed by atoms with Crippen LogP contribution in [0.15, 0.2) is 65.1 Å². The molecule has 1 N–H and O–H groups in total. The van der Waals surface area contributed by atoms with Gasteiger partial charge in [-0.15, -0.1) is 0 Å². The largest absolute Gasteiger partial charge is 0.461 e. The zero-order valence-corrected chi connectivity index (χ0v) is 14.3. The van der Waals surface area contributed by atoms with E-state index < -0.39 is 0 Å². The Hall–Kier alpha value is -2.95. The van der Waals surface area contributed by atoms with Crippen LogP contribution in [0.4, 0.5) is 8.78 Å². The first-order valence-electron chi connectivity index (χ1n) is 8.41. The molecule has 0 radical (unpaired) electrons. The second kappa shape index (κ2) is 7.95. The van der Waals surface area contributed by atoms with Crippen molar-refractivity contribution in [3.05, 3.63) is 83.6 Å². The lowest BCUT2D eigenvalue weighted by Crippen LogP contribution is -2.26. The minimum absolute atomic E-state index is 0.134. The molecule has 2 aromatic carbocycles. The van der Waals surface area contributed by atoms with Crippen molar-refractivity contribution >= 4 is 5.91 Å². The van der Waals surface area contributed by atoms with Gasteiger partial charge in [-0.25, -0.2) is 8.78 Å². The molecule has 1 atom stereocenters. The molecular weight excluding hydrogens is 336 g/mol. The topological polar surface area (TPSA) is 42.2 Å². The number of rotatable bonds is 6. The molecule has 0 fully saturated rings. The Bertz CT molecular complexity index is 887. The number of hydrogen-bond donors (Lipinski definition) is 1. The van der Waals surface area contributed by atoms with Crippen molar-refractivity contribution in [2.24, 2.45) is 0 Å². The predicted molar refractivity (Wildman–Crippen MR) is 95.4 cm³/mol. The molecule has 1 aromatic heterocycles. The van der Waals surface area contributed by atoms with Crippen molar-refractivity contribution in [2.45, 2.75) is 25.8 Å². The standard InChI is InChI=1S/C21H19F2NO2/c1-14(15-6-8-16(22)9-7-15)24-21(25)13-11-17-10-12-20(26-17)18-4-2-3-5-19(18)23/h2-10,12,14H,11,13H2,1H3,(H,24,25). The van der Waals surface area contributed by atoms with Gasteiger partial charge in [-0.1, -0.05) is 24.3 Å². The van der Waals surface area contributed by atoms with Gasteiger partial charge in [0.25, 0.3) is 0 Å². The van der Waals surface area contributed by atoms with Crippen LogP contribution in [0.2, 0.25) is 0 Å². The number of benzene rings is 2. The highest BCUT2D eigenvalue weighted by Crippen LogP contribution is 2.25. The molecule has 5 heteroatoms. The summed E-state index contributed by atoms with van der Waals surface area (Å²) >= 11 is 0. The number of hydrogen-bond acceptors (Lipinski definition) is 2. The van der Waals surface area contributed by atoms with E-state index in [1.807, 2.05) is 6.92 Å². The summed E-state index contributed by atoms with van der Waals surface area (Å²) in [5.41, 5.74) is 1.23. The minimum atomic E-state index is -0.348. The van der Waals surface area contributed by atoms with Crippen LogP contribution in [0.1, 0.15) is 30.7 Å². The number of amides is 1. The van der Waals surface area contributed by atoms with E-state index in [1.165, 1.54) is 18.2 Å². The van der Waals surface area contributed by atoms with Gasteiger partial charge in [0.2, 0.25) is 5.91 Å². The van der Waals surface area contributed by atoms with Crippen LogP contribution in [0.25, 0.3) is 11.3 Å². The van der Waals surface area contributed by atoms with E-state index in [4.69, 9.17) is 4.42 Å². The molecule has 0 spiro atoms. The van der Waals surface area contributed by atoms with Crippen molar-refractivity contribution in [3.63, 3.8) is 0 Å². The number of furan rings is 1. The summed E-state index contributed by atoms with van der Waals surface area (Å²) < 4.78 is 32.4. The van der Waals surface area contributed by atoms with Crippen molar-refractivity contribution in [3.8, 4) is 11.3 Å². The maximum atomic E-state index is 13.8. The van der Waals surface area contributed by atoms with Gasteiger partial charge < -0.3 is 9.73 Å². The Kier molecular flexibility index (Phi) is 5.46. The zero-order chi connectivity index (χ0) is 18.5. The zero-order valence-electron chi connectivity index (χ0n) is 14.3. The van der Waals surface area contributed by atoms with Crippen molar-refractivity contribution in [2.75, 3.05) is 0 Å². The van der Waals surface area contributed by atoms with Crippen LogP contribution in [-0.2, 0) is 11.2 Å². The van der Waals surface area contributed by atoms with E-state index >= 15 is 0 Å². The normalized spacial score (nSPS) is 12.0. The summed E-state index contributed by atoms with van der Waals surface area (Å²) in [4.78, 5) is 12.1. The SMILES string of the molecule is CC(NC(=O)CCc1ccc(-c2ccccc2F)o1)c1ccc(F)cc1. The van der Waals surface area contributed by atoms with Gasteiger partial charge in [0.1, 0.15) is 23.2 Å². The summed E-state index contributed by atoms with van der Waals surface area (Å²) in [5, 5.41) is 2.87. The van der Waals surface area contributed by atoms with E-state index in [0.29, 0.717) is 23.5 Å². The second-order valence-electron chi connectivity index (χ2n) is 6.09. The molecular formula is C21H19F2NO2. The first-order chi connectivity index (χ1) is 12.5. The molecule has 1 heterocycles. The fraction of sp³-hybridized carbons (Fsp3) is 0.190. The molecule has 134 valence electrons. The fourth-order valence-electron chi connectivity index (χ4n) is 2.70. The fourth-order valence-corrected chi connectivity index (χ4v) is 2.70. The van der Waals surface area contributed by atoms with E-state index in [1.54, 1.807) is 42.5 Å². The molecule has 1 amide bonds. The predicted octanol–water partition coefficient (Wildman–Crippen LogP) is 5.03. The lowest BCUT2D eigenvalue weighted by molar-refractivity contribution is -0.121. The van der Waals surface area contributed by atoms with Gasteiger partial charge in [-0.2, -0.15) is 0 Å². The quantitative estimate of drug-likeness (QED) is 0.673. The Morgan fingerprint density at radius 1 is 1.04 bits per heavy atom. The van der Waals surface area contributed by atoms with E-state index in [9.17, 15) is 13.6 Å². The molecule has 3 rings (SSSR count). The van der Waals surface area contributed by atoms with Gasteiger partial charge in [-0.3, -0.25) is 4.79 Å². The number of carbonyl (C=O) groups excluding carboxylic acids is 1. The third-order valence-electron chi connectivity index (χ3n) is 4.15. The van der Waals surface area contributed by atoms with Crippen LogP contribution in [0, 0.1) is 11.6 Å². The smallest absolute Gasteiger partial charge is 0.220 e. The molecule has 0 bridgehead atoms. The third-order valence-corrected chi connectivity index (χ3v) is 4.15. The number of halogens is 2. The van der Waals surface area contributed by atoms with E-state index in [0.717, 1.165) is 5.56 Å². The van der Waals surface area contributed by atoms with Gasteiger partial charge >= 0.3 is 0 Å². The van der Waals surface area contributed by atoms with Crippen molar-refractivity contribution < 1.29 is 18.0 Å². The van der Waals surface area contributed by atoms with Crippen molar-refractivity contribution in [1.82, 2.24) is 5.32 Å². The highest BCUT2D eigenvalue weighted by atomic mass is 19.1. The average molecular weight is 355 g/mol. The molecule has 0 saturated heterocycles. The lowest BCUT2D eigenvalue weighted by Gasteiger charge is -2.14. The molecule has 3 nitrogen and oxygen atoms in total. The van der Waals surface area contributed by atoms with E-state index in [-0.39, 0.29) is 30.0 Å². The van der Waals surface area contributed by atoms with Crippen LogP contribution in [0.3, 0.4) is 0 Å². The molecule has 0 aliphatic heterocycles. The van der Waals surface area contributed by atoms with Gasteiger partial charge in [-0.05, 0) is 48.9 Å². The lowest BCUT2D eigenvalue weighted by atomic mass is 10.1. The van der Waals surface area contributed by atoms with Crippen LogP contribution >= 0.6 is 0 Å². The maximum absolute atomic E-state index is 13.8. The Morgan fingerprint density at radius 2 is 1.77 bits per heavy atom. The van der Waals surface area contributed by atoms with Gasteiger partial charge in [0.05, 0.1) is 11.6 Å². The molecule has 3 aromatic rings.